The summed E-state index contributed by atoms with van der Waals surface area (Å²) in [7, 11) is 0. The lowest BCUT2D eigenvalue weighted by Crippen LogP contribution is -2.28. The number of hydrogen-bond donors (Lipinski definition) is 0. The highest BCUT2D eigenvalue weighted by Crippen LogP contribution is 2.52. The first kappa shape index (κ1) is 21.3. The van der Waals surface area contributed by atoms with Gasteiger partial charge in [0.15, 0.2) is 0 Å². The first-order chi connectivity index (χ1) is 15.8. The van der Waals surface area contributed by atoms with Crippen molar-refractivity contribution in [3.63, 3.8) is 0 Å². The summed E-state index contributed by atoms with van der Waals surface area (Å²) >= 11 is 6.22. The molecule has 2 aliphatic carbocycles. The first-order valence-electron chi connectivity index (χ1n) is 10.3. The van der Waals surface area contributed by atoms with Gasteiger partial charge in [0, 0.05) is 17.2 Å². The van der Waals surface area contributed by atoms with Crippen LogP contribution in [-0.2, 0) is 16.2 Å². The Morgan fingerprint density at radius 1 is 1.18 bits per heavy atom. The summed E-state index contributed by atoms with van der Waals surface area (Å²) < 4.78 is 19.3. The van der Waals surface area contributed by atoms with E-state index >= 15 is 0 Å². The normalized spacial score (nSPS) is 25.3. The molecule has 0 N–H and O–H groups in total. The number of nitro groups is 1. The van der Waals surface area contributed by atoms with Crippen LogP contribution in [0.25, 0.3) is 0 Å². The van der Waals surface area contributed by atoms with Gasteiger partial charge in [0.2, 0.25) is 5.75 Å². The zero-order valence-electron chi connectivity index (χ0n) is 17.1. The number of halogens is 2. The minimum Gasteiger partial charge on any atom is -0.481 e. The number of imide groups is 1. The maximum absolute atomic E-state index is 13.8. The zero-order valence-corrected chi connectivity index (χ0v) is 17.8. The number of ether oxygens (including phenoxy) is 1. The second kappa shape index (κ2) is 8.08. The number of allylic oxidation sites excluding steroid dienone is 2. The van der Waals surface area contributed by atoms with Crippen molar-refractivity contribution >= 4 is 35.3 Å². The van der Waals surface area contributed by atoms with E-state index in [-0.39, 0.29) is 52.2 Å². The van der Waals surface area contributed by atoms with Crippen molar-refractivity contribution in [2.24, 2.45) is 28.8 Å². The van der Waals surface area contributed by atoms with Crippen LogP contribution in [0.1, 0.15) is 17.5 Å². The fourth-order valence-corrected chi connectivity index (χ4v) is 5.12. The SMILES string of the molecule is O=C1[C@@H]2[C@H](C(=O)N1N=Cc1cc(Cl)c(OCc3ccccc3F)c([N+](=O)[O-])c1)[C@H]1C=C[C@H]2C1. The molecule has 1 saturated carbocycles. The van der Waals surface area contributed by atoms with Crippen molar-refractivity contribution in [3.8, 4) is 5.75 Å². The molecule has 2 aromatic rings. The van der Waals surface area contributed by atoms with E-state index in [4.69, 9.17) is 16.3 Å². The minimum absolute atomic E-state index is 0.0538. The molecule has 2 amide bonds. The van der Waals surface area contributed by atoms with Gasteiger partial charge in [-0.1, -0.05) is 42.0 Å². The smallest absolute Gasteiger partial charge is 0.313 e. The van der Waals surface area contributed by atoms with Crippen molar-refractivity contribution in [1.82, 2.24) is 5.01 Å². The third kappa shape index (κ3) is 3.58. The van der Waals surface area contributed by atoms with E-state index in [1.165, 1.54) is 36.5 Å². The van der Waals surface area contributed by atoms with Crippen LogP contribution in [-0.4, -0.2) is 28.0 Å². The van der Waals surface area contributed by atoms with Gasteiger partial charge in [-0.3, -0.25) is 19.7 Å². The molecule has 8 nitrogen and oxygen atoms in total. The van der Waals surface area contributed by atoms with E-state index in [2.05, 4.69) is 5.10 Å². The van der Waals surface area contributed by atoms with Gasteiger partial charge in [-0.25, -0.2) is 4.39 Å². The van der Waals surface area contributed by atoms with Gasteiger partial charge in [-0.2, -0.15) is 10.1 Å². The third-order valence-corrected chi connectivity index (χ3v) is 6.62. The lowest BCUT2D eigenvalue weighted by Gasteiger charge is -2.13. The Morgan fingerprint density at radius 2 is 1.85 bits per heavy atom. The molecule has 5 rings (SSSR count). The molecule has 2 fully saturated rings. The topological polar surface area (TPSA) is 102 Å². The largest absolute Gasteiger partial charge is 0.481 e. The first-order valence-corrected chi connectivity index (χ1v) is 10.7. The number of hydrogen-bond acceptors (Lipinski definition) is 6. The number of hydrazone groups is 1. The van der Waals surface area contributed by atoms with Gasteiger partial charge >= 0.3 is 5.69 Å². The van der Waals surface area contributed by atoms with Crippen molar-refractivity contribution in [2.75, 3.05) is 0 Å². The second-order valence-electron chi connectivity index (χ2n) is 8.22. The third-order valence-electron chi connectivity index (χ3n) is 6.34. The highest BCUT2D eigenvalue weighted by Gasteiger charge is 2.59. The number of amides is 2. The number of benzene rings is 2. The molecule has 3 aliphatic rings. The van der Waals surface area contributed by atoms with E-state index in [0.717, 1.165) is 11.4 Å². The van der Waals surface area contributed by atoms with Crippen LogP contribution in [0.2, 0.25) is 5.02 Å². The quantitative estimate of drug-likeness (QED) is 0.208. The van der Waals surface area contributed by atoms with Crippen LogP contribution < -0.4 is 4.74 Å². The Labute approximate surface area is 192 Å². The lowest BCUT2D eigenvalue weighted by molar-refractivity contribution is -0.385. The molecule has 33 heavy (non-hydrogen) atoms. The molecule has 1 saturated heterocycles. The fraction of sp³-hybridized carbons (Fsp3) is 0.261. The summed E-state index contributed by atoms with van der Waals surface area (Å²) in [5.74, 6) is -2.11. The molecule has 0 spiro atoms. The number of nitro benzene ring substituents is 1. The van der Waals surface area contributed by atoms with E-state index in [0.29, 0.717) is 0 Å². The van der Waals surface area contributed by atoms with Gasteiger partial charge < -0.3 is 4.74 Å². The highest BCUT2D eigenvalue weighted by atomic mass is 35.5. The molecule has 4 atom stereocenters. The van der Waals surface area contributed by atoms with Crippen molar-refractivity contribution < 1.29 is 23.6 Å². The molecule has 2 aromatic carbocycles. The summed E-state index contributed by atoms with van der Waals surface area (Å²) in [6, 6.07) is 8.43. The Kier molecular flexibility index (Phi) is 5.20. The minimum atomic E-state index is -0.681. The summed E-state index contributed by atoms with van der Waals surface area (Å²) in [5.41, 5.74) is -0.0178. The number of fused-ring (bicyclic) bond motifs is 5. The van der Waals surface area contributed by atoms with Crippen LogP contribution in [0.4, 0.5) is 10.1 Å². The predicted octanol–water partition coefficient (Wildman–Crippen LogP) is 4.11. The molecule has 0 unspecified atom stereocenters. The maximum Gasteiger partial charge on any atom is 0.313 e. The molecule has 1 heterocycles. The average molecular weight is 470 g/mol. The Bertz CT molecular complexity index is 1220. The number of carbonyl (C=O) groups is 2. The maximum atomic E-state index is 13.8. The Hall–Kier alpha value is -3.59. The molecular weight excluding hydrogens is 453 g/mol. The van der Waals surface area contributed by atoms with Gasteiger partial charge in [0.1, 0.15) is 12.4 Å². The number of nitrogens with zero attached hydrogens (tertiary/aromatic N) is 3. The Morgan fingerprint density at radius 3 is 2.48 bits per heavy atom. The summed E-state index contributed by atoms with van der Waals surface area (Å²) in [6.45, 7) is -0.253. The van der Waals surface area contributed by atoms with Crippen molar-refractivity contribution in [1.29, 1.82) is 0 Å². The van der Waals surface area contributed by atoms with Gasteiger partial charge in [-0.05, 0) is 30.4 Å². The predicted molar refractivity (Wildman–Crippen MR) is 116 cm³/mol. The highest BCUT2D eigenvalue weighted by molar-refractivity contribution is 6.32. The van der Waals surface area contributed by atoms with Crippen LogP contribution >= 0.6 is 11.6 Å². The molecule has 168 valence electrons. The monoisotopic (exact) mass is 469 g/mol. The van der Waals surface area contributed by atoms with Crippen LogP contribution in [0.5, 0.6) is 5.75 Å². The molecule has 2 bridgehead atoms. The Balaban J connectivity index is 1.38. The molecule has 10 heteroatoms. The van der Waals surface area contributed by atoms with Crippen LogP contribution in [0.3, 0.4) is 0 Å². The molecule has 0 radical (unpaired) electrons. The van der Waals surface area contributed by atoms with Gasteiger partial charge in [-0.15, -0.1) is 0 Å². The zero-order chi connectivity index (χ0) is 23.3. The van der Waals surface area contributed by atoms with Crippen LogP contribution in [0, 0.1) is 39.6 Å². The summed E-state index contributed by atoms with van der Waals surface area (Å²) in [6.07, 6.45) is 5.95. The van der Waals surface area contributed by atoms with E-state index in [9.17, 15) is 24.1 Å². The molecular formula is C23H17ClFN3O5. The summed E-state index contributed by atoms with van der Waals surface area (Å²) in [5, 5.41) is 16.4. The fourth-order valence-electron chi connectivity index (χ4n) is 4.84. The van der Waals surface area contributed by atoms with Crippen molar-refractivity contribution in [2.45, 2.75) is 13.0 Å². The standard InChI is InChI=1S/C23H17ClFN3O5/c24-16-7-12(8-18(28(31)32)21(16)33-11-15-3-1-2-4-17(15)25)10-26-27-22(29)19-13-5-6-14(9-13)20(19)23(27)30/h1-8,10,13-14,19-20H,9,11H2/t13-,14-,19-,20+/m0/s1. The van der Waals surface area contributed by atoms with Gasteiger partial charge in [0.25, 0.3) is 11.8 Å². The summed E-state index contributed by atoms with van der Waals surface area (Å²) in [4.78, 5) is 36.4. The number of rotatable bonds is 6. The van der Waals surface area contributed by atoms with Crippen LogP contribution in [0.15, 0.2) is 53.7 Å². The average Bonchev–Trinajstić information content (AvgIpc) is 3.46. The lowest BCUT2D eigenvalue weighted by atomic mass is 9.85. The van der Waals surface area contributed by atoms with Crippen molar-refractivity contribution in [3.05, 3.63) is 80.6 Å². The van der Waals surface area contributed by atoms with Gasteiger partial charge in [0.05, 0.1) is 28.0 Å². The number of carbonyl (C=O) groups excluding carboxylic acids is 2. The molecule has 1 aliphatic heterocycles. The molecule has 0 aromatic heterocycles. The second-order valence-corrected chi connectivity index (χ2v) is 8.63. The van der Waals surface area contributed by atoms with E-state index in [1.807, 2.05) is 12.2 Å². The van der Waals surface area contributed by atoms with E-state index in [1.54, 1.807) is 6.07 Å². The van der Waals surface area contributed by atoms with E-state index < -0.39 is 28.3 Å².